The summed E-state index contributed by atoms with van der Waals surface area (Å²) in [7, 11) is 3.26. The average Bonchev–Trinajstić information content (AvgIpc) is 2.73. The van der Waals surface area contributed by atoms with E-state index < -0.39 is 0 Å². The first-order valence-electron chi connectivity index (χ1n) is 10.0. The van der Waals surface area contributed by atoms with Gasteiger partial charge in [-0.2, -0.15) is 0 Å². The van der Waals surface area contributed by atoms with E-state index in [0.717, 1.165) is 52.5 Å². The third-order valence-electron chi connectivity index (χ3n) is 5.27. The third kappa shape index (κ3) is 4.17. The topological polar surface area (TPSA) is 69.5 Å². The molecule has 154 valence electrons. The lowest BCUT2D eigenvalue weighted by atomic mass is 9.75. The molecular formula is C24H26N4O2. The van der Waals surface area contributed by atoms with Gasteiger partial charge in [-0.3, -0.25) is 0 Å². The molecule has 30 heavy (non-hydrogen) atoms. The summed E-state index contributed by atoms with van der Waals surface area (Å²) >= 11 is 0. The zero-order chi connectivity index (χ0) is 21.1. The predicted octanol–water partition coefficient (Wildman–Crippen LogP) is 4.46. The fourth-order valence-corrected chi connectivity index (χ4v) is 3.92. The van der Waals surface area contributed by atoms with Gasteiger partial charge in [-0.05, 0) is 36.5 Å². The fraction of sp³-hybridized carbons (Fsp3) is 0.333. The van der Waals surface area contributed by atoms with Gasteiger partial charge in [0.2, 0.25) is 0 Å². The smallest absolute Gasteiger partial charge is 0.178 e. The van der Waals surface area contributed by atoms with E-state index in [2.05, 4.69) is 30.1 Å². The highest BCUT2D eigenvalue weighted by molar-refractivity contribution is 6.02. The minimum atomic E-state index is 0.0646. The Balaban J connectivity index is 1.67. The average molecular weight is 402 g/mol. The van der Waals surface area contributed by atoms with Crippen LogP contribution in [0.4, 0.5) is 0 Å². The standard InChI is InChI=1S/C24H26N4O2/c1-24(2)13-20-18(21(14-24)28-30-4)15-25-23(27-20)19-10-7-9-17(26-19)12-16-8-5-6-11-22(16)29-3/h5-11,15H,12-14H2,1-4H3. The minimum absolute atomic E-state index is 0.0646. The van der Waals surface area contributed by atoms with Crippen LogP contribution in [0.1, 0.15) is 42.8 Å². The molecule has 3 aromatic rings. The van der Waals surface area contributed by atoms with Gasteiger partial charge >= 0.3 is 0 Å². The first kappa shape index (κ1) is 20.0. The zero-order valence-electron chi connectivity index (χ0n) is 17.8. The van der Waals surface area contributed by atoms with Crippen molar-refractivity contribution in [1.29, 1.82) is 0 Å². The summed E-state index contributed by atoms with van der Waals surface area (Å²) in [5.41, 5.74) is 5.72. The number of benzene rings is 1. The molecule has 2 aromatic heterocycles. The van der Waals surface area contributed by atoms with Gasteiger partial charge in [0.05, 0.1) is 18.5 Å². The monoisotopic (exact) mass is 402 g/mol. The molecule has 2 heterocycles. The molecule has 0 unspecified atom stereocenters. The lowest BCUT2D eigenvalue weighted by molar-refractivity contribution is 0.210. The Morgan fingerprint density at radius 3 is 2.63 bits per heavy atom. The first-order valence-corrected chi connectivity index (χ1v) is 10.0. The van der Waals surface area contributed by atoms with E-state index in [-0.39, 0.29) is 5.41 Å². The number of hydrogen-bond acceptors (Lipinski definition) is 6. The maximum absolute atomic E-state index is 5.47. The van der Waals surface area contributed by atoms with Crippen molar-refractivity contribution >= 4 is 5.71 Å². The van der Waals surface area contributed by atoms with Gasteiger partial charge in [0.15, 0.2) is 5.82 Å². The van der Waals surface area contributed by atoms with E-state index in [1.165, 1.54) is 0 Å². The summed E-state index contributed by atoms with van der Waals surface area (Å²) in [5.74, 6) is 1.49. The number of hydrogen-bond donors (Lipinski definition) is 0. The van der Waals surface area contributed by atoms with Crippen LogP contribution in [0.5, 0.6) is 5.75 Å². The normalized spacial score (nSPS) is 16.2. The second-order valence-corrected chi connectivity index (χ2v) is 8.30. The lowest BCUT2D eigenvalue weighted by Gasteiger charge is -2.30. The lowest BCUT2D eigenvalue weighted by Crippen LogP contribution is -2.29. The Bertz CT molecular complexity index is 1090. The number of fused-ring (bicyclic) bond motifs is 1. The van der Waals surface area contributed by atoms with Crippen LogP contribution < -0.4 is 4.74 Å². The number of methoxy groups -OCH3 is 1. The van der Waals surface area contributed by atoms with Gasteiger partial charge < -0.3 is 9.57 Å². The van der Waals surface area contributed by atoms with Gasteiger partial charge in [0.25, 0.3) is 0 Å². The van der Waals surface area contributed by atoms with Crippen molar-refractivity contribution < 1.29 is 9.57 Å². The van der Waals surface area contributed by atoms with E-state index >= 15 is 0 Å². The van der Waals surface area contributed by atoms with Crippen molar-refractivity contribution in [3.8, 4) is 17.3 Å². The van der Waals surface area contributed by atoms with E-state index in [1.807, 2.05) is 42.6 Å². The van der Waals surface area contributed by atoms with E-state index in [4.69, 9.17) is 19.5 Å². The molecule has 4 rings (SSSR count). The van der Waals surface area contributed by atoms with Crippen LogP contribution in [0.15, 0.2) is 53.8 Å². The molecule has 0 radical (unpaired) electrons. The summed E-state index contributed by atoms with van der Waals surface area (Å²) < 4.78 is 5.47. The van der Waals surface area contributed by atoms with Gasteiger partial charge in [-0.1, -0.05) is 43.3 Å². The summed E-state index contributed by atoms with van der Waals surface area (Å²) in [6.45, 7) is 4.43. The number of nitrogens with zero attached hydrogens (tertiary/aromatic N) is 4. The molecular weight excluding hydrogens is 376 g/mol. The van der Waals surface area contributed by atoms with Crippen LogP contribution in [0.2, 0.25) is 0 Å². The van der Waals surface area contributed by atoms with E-state index in [0.29, 0.717) is 12.2 Å². The van der Waals surface area contributed by atoms with Gasteiger partial charge in [0, 0.05) is 29.4 Å². The van der Waals surface area contributed by atoms with Gasteiger partial charge in [0.1, 0.15) is 18.6 Å². The molecule has 0 bridgehead atoms. The predicted molar refractivity (Wildman–Crippen MR) is 117 cm³/mol. The summed E-state index contributed by atoms with van der Waals surface area (Å²) in [6, 6.07) is 14.0. The highest BCUT2D eigenvalue weighted by atomic mass is 16.6. The molecule has 0 saturated carbocycles. The van der Waals surface area contributed by atoms with Crippen LogP contribution in [-0.2, 0) is 17.7 Å². The molecule has 0 amide bonds. The first-order chi connectivity index (χ1) is 14.5. The zero-order valence-corrected chi connectivity index (χ0v) is 17.8. The summed E-state index contributed by atoms with van der Waals surface area (Å²) in [4.78, 5) is 19.3. The second-order valence-electron chi connectivity index (χ2n) is 8.30. The molecule has 6 nitrogen and oxygen atoms in total. The maximum atomic E-state index is 5.47. The maximum Gasteiger partial charge on any atom is 0.178 e. The van der Waals surface area contributed by atoms with E-state index in [1.54, 1.807) is 14.2 Å². The molecule has 1 aliphatic carbocycles. The van der Waals surface area contributed by atoms with Crippen molar-refractivity contribution in [2.45, 2.75) is 33.1 Å². The van der Waals surface area contributed by atoms with Crippen LogP contribution in [-0.4, -0.2) is 34.9 Å². The number of aromatic nitrogens is 3. The Morgan fingerprint density at radius 2 is 1.83 bits per heavy atom. The number of pyridine rings is 1. The molecule has 6 heteroatoms. The molecule has 0 aliphatic heterocycles. The van der Waals surface area contributed by atoms with Crippen LogP contribution in [0, 0.1) is 5.41 Å². The summed E-state index contributed by atoms with van der Waals surface area (Å²) in [6.07, 6.45) is 4.23. The molecule has 1 aromatic carbocycles. The largest absolute Gasteiger partial charge is 0.496 e. The number of para-hydroxylation sites is 1. The second kappa shape index (κ2) is 8.22. The van der Waals surface area contributed by atoms with Crippen molar-refractivity contribution in [1.82, 2.24) is 15.0 Å². The number of ether oxygens (including phenoxy) is 1. The third-order valence-corrected chi connectivity index (χ3v) is 5.27. The SMILES string of the molecule is CON=C1CC(C)(C)Cc2nc(-c3cccc(Cc4ccccc4OC)n3)ncc21. The Kier molecular flexibility index (Phi) is 5.48. The van der Waals surface area contributed by atoms with Crippen LogP contribution >= 0.6 is 0 Å². The van der Waals surface area contributed by atoms with Gasteiger partial charge in [-0.25, -0.2) is 15.0 Å². The van der Waals surface area contributed by atoms with Crippen molar-refractivity contribution in [2.75, 3.05) is 14.2 Å². The quantitative estimate of drug-likeness (QED) is 0.589. The Labute approximate surface area is 177 Å². The van der Waals surface area contributed by atoms with E-state index in [9.17, 15) is 0 Å². The van der Waals surface area contributed by atoms with Crippen molar-refractivity contribution in [3.05, 3.63) is 71.2 Å². The highest BCUT2D eigenvalue weighted by Gasteiger charge is 2.31. The minimum Gasteiger partial charge on any atom is -0.496 e. The molecule has 0 spiro atoms. The van der Waals surface area contributed by atoms with Gasteiger partial charge in [-0.15, -0.1) is 0 Å². The fourth-order valence-electron chi connectivity index (χ4n) is 3.92. The van der Waals surface area contributed by atoms with Crippen LogP contribution in [0.3, 0.4) is 0 Å². The Morgan fingerprint density at radius 1 is 1.00 bits per heavy atom. The van der Waals surface area contributed by atoms with Crippen molar-refractivity contribution in [3.63, 3.8) is 0 Å². The highest BCUT2D eigenvalue weighted by Crippen LogP contribution is 2.34. The molecule has 0 saturated heterocycles. The molecule has 0 atom stereocenters. The molecule has 0 fully saturated rings. The number of rotatable bonds is 5. The number of oxime groups is 1. The molecule has 1 aliphatic rings. The summed E-state index contributed by atoms with van der Waals surface area (Å²) in [5, 5.41) is 4.21. The van der Waals surface area contributed by atoms with Crippen molar-refractivity contribution in [2.24, 2.45) is 10.6 Å². The molecule has 0 N–H and O–H groups in total. The Hall–Kier alpha value is -3.28. The van der Waals surface area contributed by atoms with Crippen LogP contribution in [0.25, 0.3) is 11.5 Å².